The predicted molar refractivity (Wildman–Crippen MR) is 108 cm³/mol. The number of esters is 1. The van der Waals surface area contributed by atoms with Crippen LogP contribution >= 0.6 is 7.82 Å². The van der Waals surface area contributed by atoms with Crippen LogP contribution in [0.2, 0.25) is 0 Å². The molecule has 6 aliphatic rings. The minimum absolute atomic E-state index is 0.0154. The molecule has 11 heteroatoms. The van der Waals surface area contributed by atoms with E-state index >= 15 is 0 Å². The van der Waals surface area contributed by atoms with Gasteiger partial charge in [0.1, 0.15) is 24.4 Å². The number of phosphoric ester groups is 1. The third-order valence-electron chi connectivity index (χ3n) is 9.23. The zero-order chi connectivity index (χ0) is 23.6. The summed E-state index contributed by atoms with van der Waals surface area (Å²) in [6.07, 6.45) is -0.0989. The fraction of sp³-hybridized carbons (Fsp3) is 0.818. The van der Waals surface area contributed by atoms with Crippen LogP contribution in [0.15, 0.2) is 11.1 Å². The number of hydrogen-bond donors (Lipinski definition) is 1. The summed E-state index contributed by atoms with van der Waals surface area (Å²) in [4.78, 5) is 23.8. The fourth-order valence-electron chi connectivity index (χ4n) is 7.79. The van der Waals surface area contributed by atoms with E-state index in [1.165, 1.54) is 0 Å². The smallest absolute Gasteiger partial charge is 0.334 e. The molecule has 10 atom stereocenters. The largest absolute Gasteiger partial charge is 0.753 e. The molecule has 0 amide bonds. The lowest BCUT2D eigenvalue weighted by molar-refractivity contribution is -0.238. The lowest BCUT2D eigenvalue weighted by Gasteiger charge is -2.55. The summed E-state index contributed by atoms with van der Waals surface area (Å²) in [5.41, 5.74) is -0.205. The van der Waals surface area contributed by atoms with Crippen LogP contribution in [0.25, 0.3) is 0 Å². The number of aliphatic hydroxyl groups is 1. The van der Waals surface area contributed by atoms with Gasteiger partial charge in [-0.25, -0.2) is 4.79 Å². The molecule has 0 aromatic carbocycles. The minimum Gasteiger partial charge on any atom is -0.753 e. The van der Waals surface area contributed by atoms with Gasteiger partial charge in [0.2, 0.25) is 7.11 Å². The first-order chi connectivity index (χ1) is 15.5. The maximum absolute atomic E-state index is 12.2. The van der Waals surface area contributed by atoms with Crippen molar-refractivity contribution >= 4 is 13.8 Å². The van der Waals surface area contributed by atoms with Gasteiger partial charge in [-0.15, -0.1) is 4.52 Å². The summed E-state index contributed by atoms with van der Waals surface area (Å²) in [5, 5.41) is 11.4. The Hall–Kier alpha value is -0.970. The number of carbonyl (C=O) groups excluding carboxylic acids is 1. The average molecular weight is 484 g/mol. The van der Waals surface area contributed by atoms with Crippen LogP contribution in [-0.4, -0.2) is 60.1 Å². The first-order valence-corrected chi connectivity index (χ1v) is 12.9. The molecule has 0 aromatic rings. The maximum atomic E-state index is 12.2. The molecule has 3 aliphatic carbocycles. The normalized spacial score (nSPS) is 51.0. The van der Waals surface area contributed by atoms with Crippen molar-refractivity contribution in [3.8, 4) is 0 Å². The zero-order valence-corrected chi connectivity index (χ0v) is 19.7. The van der Waals surface area contributed by atoms with Gasteiger partial charge >= 0.3 is 13.8 Å². The summed E-state index contributed by atoms with van der Waals surface area (Å²) in [5.74, 6) is -0.523. The standard InChI is InChI=1S/C22H29O10P/c1-10(2)15-16(23)18-22(32-18)20(3)6-5-11-12(8-28-19(11)24)13(20)7-14-21(22,31-14)17(15)29-9-30-33(25,26)27-4/h10,13-18,23H,4-9H2,1-3H3. The Labute approximate surface area is 192 Å². The van der Waals surface area contributed by atoms with E-state index < -0.39 is 49.5 Å². The Morgan fingerprint density at radius 3 is 2.82 bits per heavy atom. The predicted octanol–water partition coefficient (Wildman–Crippen LogP) is 1.22. The minimum atomic E-state index is -4.58. The van der Waals surface area contributed by atoms with Crippen molar-refractivity contribution in [3.05, 3.63) is 18.3 Å². The summed E-state index contributed by atoms with van der Waals surface area (Å²) in [6, 6.07) is 0. The third kappa shape index (κ3) is 2.61. The van der Waals surface area contributed by atoms with Gasteiger partial charge in [-0.1, -0.05) is 20.8 Å². The van der Waals surface area contributed by atoms with Crippen molar-refractivity contribution < 1.29 is 47.4 Å². The highest BCUT2D eigenvalue weighted by atomic mass is 31.2. The third-order valence-corrected chi connectivity index (χ3v) is 9.97. The van der Waals surface area contributed by atoms with E-state index in [-0.39, 0.29) is 29.8 Å². The Balaban J connectivity index is 1.38. The zero-order valence-electron chi connectivity index (χ0n) is 18.9. The molecule has 2 saturated carbocycles. The molecule has 4 fully saturated rings. The first-order valence-electron chi connectivity index (χ1n) is 11.5. The number of cyclic esters (lactones) is 1. The van der Waals surface area contributed by atoms with Crippen LogP contribution in [0.1, 0.15) is 40.0 Å². The van der Waals surface area contributed by atoms with Crippen molar-refractivity contribution in [3.63, 3.8) is 0 Å². The van der Waals surface area contributed by atoms with Crippen LogP contribution in [0, 0.1) is 30.3 Å². The summed E-state index contributed by atoms with van der Waals surface area (Å²) in [6.45, 7) is 5.84. The number of carbonyl (C=O) groups is 1. The van der Waals surface area contributed by atoms with E-state index in [2.05, 4.69) is 18.6 Å². The molecule has 2 saturated heterocycles. The van der Waals surface area contributed by atoms with E-state index in [0.717, 1.165) is 11.1 Å². The van der Waals surface area contributed by atoms with Crippen molar-refractivity contribution in [2.24, 2.45) is 23.2 Å². The van der Waals surface area contributed by atoms with Gasteiger partial charge in [0.25, 0.3) is 0 Å². The number of aliphatic hydroxyl groups excluding tert-OH is 1. The number of rotatable bonds is 6. The molecule has 3 heterocycles. The molecule has 3 aliphatic heterocycles. The van der Waals surface area contributed by atoms with Gasteiger partial charge in [0.15, 0.2) is 12.4 Å². The number of ether oxygens (including phenoxy) is 4. The lowest BCUT2D eigenvalue weighted by Crippen LogP contribution is -2.70. The van der Waals surface area contributed by atoms with E-state index in [1.54, 1.807) is 0 Å². The van der Waals surface area contributed by atoms with E-state index in [4.69, 9.17) is 23.5 Å². The van der Waals surface area contributed by atoms with Gasteiger partial charge < -0.3 is 28.9 Å². The molecule has 33 heavy (non-hydrogen) atoms. The quantitative estimate of drug-likeness (QED) is 0.192. The average Bonchev–Trinajstić information content (AvgIpc) is 3.64. The number of epoxide rings is 2. The second kappa shape index (κ2) is 6.83. The highest BCUT2D eigenvalue weighted by molar-refractivity contribution is 7.45. The van der Waals surface area contributed by atoms with Crippen LogP contribution in [-0.2, 0) is 37.4 Å². The topological polar surface area (TPSA) is 139 Å². The Morgan fingerprint density at radius 1 is 1.36 bits per heavy atom. The number of phosphoric acid groups is 1. The lowest BCUT2D eigenvalue weighted by atomic mass is 9.46. The molecule has 0 bridgehead atoms. The monoisotopic (exact) mass is 484 g/mol. The number of hydrogen-bond acceptors (Lipinski definition) is 10. The molecular weight excluding hydrogens is 455 g/mol. The maximum Gasteiger partial charge on any atom is 0.334 e. The molecule has 0 aromatic heterocycles. The van der Waals surface area contributed by atoms with E-state index in [0.29, 0.717) is 25.9 Å². The second-order valence-corrected chi connectivity index (χ2v) is 12.1. The molecule has 1 N–H and O–H groups in total. The molecule has 182 valence electrons. The molecular formula is C22H29O10P. The molecule has 6 rings (SSSR count). The van der Waals surface area contributed by atoms with Gasteiger partial charge in [-0.3, -0.25) is 9.09 Å². The molecule has 10 nitrogen and oxygen atoms in total. The van der Waals surface area contributed by atoms with E-state index in [9.17, 15) is 19.4 Å². The Bertz CT molecular complexity index is 980. The summed E-state index contributed by atoms with van der Waals surface area (Å²) in [7, 11) is -1.69. The second-order valence-electron chi connectivity index (χ2n) is 10.7. The molecule has 0 radical (unpaired) electrons. The number of fused-ring (bicyclic) bond motifs is 2. The molecule has 2 spiro atoms. The Kier molecular flexibility index (Phi) is 4.65. The van der Waals surface area contributed by atoms with Crippen molar-refractivity contribution in [1.82, 2.24) is 0 Å². The van der Waals surface area contributed by atoms with Crippen LogP contribution < -0.4 is 4.89 Å². The fourth-order valence-corrected chi connectivity index (χ4v) is 8.05. The first kappa shape index (κ1) is 22.5. The van der Waals surface area contributed by atoms with E-state index in [1.807, 2.05) is 13.8 Å². The van der Waals surface area contributed by atoms with Gasteiger partial charge in [0, 0.05) is 16.9 Å². The highest BCUT2D eigenvalue weighted by Crippen LogP contribution is 2.79. The van der Waals surface area contributed by atoms with Crippen LogP contribution in [0.3, 0.4) is 0 Å². The van der Waals surface area contributed by atoms with Crippen molar-refractivity contribution in [2.45, 2.75) is 75.7 Å². The SMILES string of the molecule is [CH2+]OP(=O)([O-])OCOC1C(C(C)C)C(O)C2OC23C2(C)CCC4=C(COC4=O)C2CC2OC213. The summed E-state index contributed by atoms with van der Waals surface area (Å²) >= 11 is 0. The van der Waals surface area contributed by atoms with Crippen molar-refractivity contribution in [2.75, 3.05) is 13.4 Å². The highest BCUT2D eigenvalue weighted by Gasteiger charge is 2.94. The van der Waals surface area contributed by atoms with Crippen LogP contribution in [0.5, 0.6) is 0 Å². The Morgan fingerprint density at radius 2 is 2.12 bits per heavy atom. The van der Waals surface area contributed by atoms with Crippen molar-refractivity contribution in [1.29, 1.82) is 0 Å². The summed E-state index contributed by atoms with van der Waals surface area (Å²) < 4.78 is 44.8. The molecule has 10 unspecified atom stereocenters. The van der Waals surface area contributed by atoms with Gasteiger partial charge in [0.05, 0.1) is 12.2 Å². The van der Waals surface area contributed by atoms with Crippen LogP contribution in [0.4, 0.5) is 0 Å². The van der Waals surface area contributed by atoms with Gasteiger partial charge in [-0.05, 0) is 36.7 Å². The van der Waals surface area contributed by atoms with Gasteiger partial charge in [-0.2, -0.15) is 0 Å².